The lowest BCUT2D eigenvalue weighted by molar-refractivity contribution is -0.153. The van der Waals surface area contributed by atoms with Gasteiger partial charge in [0.2, 0.25) is 5.76 Å². The van der Waals surface area contributed by atoms with Crippen molar-refractivity contribution in [2.45, 2.75) is 6.18 Å². The Kier molecular flexibility index (Phi) is 6.81. The fraction of sp³-hybridized carbons (Fsp3) is 0.0667. The molecule has 0 unspecified atom stereocenters. The monoisotopic (exact) mass is 531 g/mol. The summed E-state index contributed by atoms with van der Waals surface area (Å²) < 4.78 is 51.7. The van der Waals surface area contributed by atoms with Crippen LogP contribution in [0, 0.1) is 0 Å². The molecule has 0 bridgehead atoms. The van der Waals surface area contributed by atoms with Crippen molar-refractivity contribution in [2.75, 3.05) is 11.9 Å². The molecule has 0 atom stereocenters. The van der Waals surface area contributed by atoms with Crippen LogP contribution in [0.15, 0.2) is 101 Å². The van der Waals surface area contributed by atoms with E-state index in [1.165, 1.54) is 6.07 Å². The number of alkyl halides is 3. The van der Waals surface area contributed by atoms with Crippen molar-refractivity contribution in [3.05, 3.63) is 108 Å². The van der Waals surface area contributed by atoms with E-state index < -0.39 is 36.0 Å². The van der Waals surface area contributed by atoms with Crippen molar-refractivity contribution < 1.29 is 37.0 Å². The van der Waals surface area contributed by atoms with Gasteiger partial charge in [-0.1, -0.05) is 66.7 Å². The van der Waals surface area contributed by atoms with Crippen molar-refractivity contribution in [1.29, 1.82) is 0 Å². The highest BCUT2D eigenvalue weighted by Gasteiger charge is 2.40. The second-order valence-electron chi connectivity index (χ2n) is 8.65. The Morgan fingerprint density at radius 2 is 1.44 bits per heavy atom. The van der Waals surface area contributed by atoms with Crippen LogP contribution in [-0.4, -0.2) is 23.6 Å². The summed E-state index contributed by atoms with van der Waals surface area (Å²) in [6.45, 7) is -0.495. The minimum atomic E-state index is -4.88. The van der Waals surface area contributed by atoms with Gasteiger partial charge >= 0.3 is 12.1 Å². The van der Waals surface area contributed by atoms with Crippen molar-refractivity contribution >= 4 is 28.3 Å². The van der Waals surface area contributed by atoms with Crippen LogP contribution in [-0.2, 0) is 11.0 Å². The van der Waals surface area contributed by atoms with E-state index in [1.54, 1.807) is 54.6 Å². The van der Waals surface area contributed by atoms with Gasteiger partial charge in [-0.15, -0.1) is 0 Å². The lowest BCUT2D eigenvalue weighted by Crippen LogP contribution is -2.16. The molecule has 0 aliphatic rings. The minimum absolute atomic E-state index is 0.0838. The zero-order valence-corrected chi connectivity index (χ0v) is 20.2. The normalized spacial score (nSPS) is 11.4. The highest BCUT2D eigenvalue weighted by atomic mass is 19.4. The molecule has 0 saturated heterocycles. The van der Waals surface area contributed by atoms with E-state index in [4.69, 9.17) is 14.3 Å². The largest absolute Gasteiger partial charge is 0.482 e. The van der Waals surface area contributed by atoms with E-state index >= 15 is 0 Å². The third kappa shape index (κ3) is 5.77. The third-order valence-corrected chi connectivity index (χ3v) is 5.94. The lowest BCUT2D eigenvalue weighted by Gasteiger charge is -2.09. The molecule has 0 aliphatic heterocycles. The van der Waals surface area contributed by atoms with Gasteiger partial charge in [-0.2, -0.15) is 13.2 Å². The number of ether oxygens (including phenoxy) is 1. The van der Waals surface area contributed by atoms with E-state index in [-0.39, 0.29) is 11.4 Å². The number of hydrogen-bond donors (Lipinski definition) is 2. The molecular formula is C30H20F3NO5. The molecule has 0 saturated carbocycles. The summed E-state index contributed by atoms with van der Waals surface area (Å²) in [5, 5.41) is 12.6. The molecule has 9 heteroatoms. The predicted octanol–water partition coefficient (Wildman–Crippen LogP) is 7.50. The van der Waals surface area contributed by atoms with Gasteiger partial charge in [-0.05, 0) is 52.2 Å². The Morgan fingerprint density at radius 3 is 2.13 bits per heavy atom. The fourth-order valence-corrected chi connectivity index (χ4v) is 4.10. The number of nitrogens with one attached hydrogen (secondary N) is 1. The average Bonchev–Trinajstić information content (AvgIpc) is 3.39. The van der Waals surface area contributed by atoms with Gasteiger partial charge < -0.3 is 19.6 Å². The van der Waals surface area contributed by atoms with Crippen LogP contribution in [0.3, 0.4) is 0 Å². The molecular weight excluding hydrogens is 511 g/mol. The zero-order chi connectivity index (χ0) is 27.6. The summed E-state index contributed by atoms with van der Waals surface area (Å²) in [6, 6.07) is 27.0. The van der Waals surface area contributed by atoms with Crippen LogP contribution in [0.5, 0.6) is 5.75 Å². The van der Waals surface area contributed by atoms with Crippen LogP contribution in [0.4, 0.5) is 18.9 Å². The molecule has 0 spiro atoms. The Labute approximate surface area is 220 Å². The number of fused-ring (bicyclic) bond motifs is 1. The number of halogens is 3. The Bertz CT molecular complexity index is 1660. The van der Waals surface area contributed by atoms with Gasteiger partial charge in [0.05, 0.1) is 5.56 Å². The second kappa shape index (κ2) is 10.4. The zero-order valence-electron chi connectivity index (χ0n) is 20.2. The molecule has 4 aromatic carbocycles. The van der Waals surface area contributed by atoms with E-state index in [0.29, 0.717) is 22.1 Å². The molecule has 6 nitrogen and oxygen atoms in total. The maximum absolute atomic E-state index is 13.8. The summed E-state index contributed by atoms with van der Waals surface area (Å²) in [5.74, 6) is -3.21. The molecule has 0 aliphatic carbocycles. The van der Waals surface area contributed by atoms with Crippen LogP contribution in [0.1, 0.15) is 16.1 Å². The predicted molar refractivity (Wildman–Crippen MR) is 140 cm³/mol. The maximum Gasteiger partial charge on any atom is 0.450 e. The molecule has 196 valence electrons. The van der Waals surface area contributed by atoms with E-state index in [9.17, 15) is 22.8 Å². The Balaban J connectivity index is 1.39. The standard InChI is InChI=1S/C30H20F3NO5/c31-30(32,33)28-25(16-26(39-28)20-8-6-19(7-9-20)18-4-2-1-3-5-18)29(37)34-23-12-10-22-15-24(38-17-27(35)36)13-11-21(22)14-23/h1-16H,17H2,(H,34,37)(H,35,36). The molecule has 1 amide bonds. The number of carbonyl (C=O) groups excluding carboxylic acids is 1. The highest BCUT2D eigenvalue weighted by Crippen LogP contribution is 2.38. The van der Waals surface area contributed by atoms with Crippen molar-refractivity contribution in [3.63, 3.8) is 0 Å². The summed E-state index contributed by atoms with van der Waals surface area (Å²) >= 11 is 0. The number of aliphatic carboxylic acids is 1. The minimum Gasteiger partial charge on any atom is -0.482 e. The maximum atomic E-state index is 13.8. The van der Waals surface area contributed by atoms with E-state index in [2.05, 4.69) is 5.32 Å². The summed E-state index contributed by atoms with van der Waals surface area (Å²) in [6.07, 6.45) is -4.88. The molecule has 39 heavy (non-hydrogen) atoms. The smallest absolute Gasteiger partial charge is 0.450 e. The summed E-state index contributed by atoms with van der Waals surface area (Å²) in [4.78, 5) is 23.7. The molecule has 0 fully saturated rings. The van der Waals surface area contributed by atoms with Gasteiger partial charge in [0.15, 0.2) is 6.61 Å². The molecule has 1 heterocycles. The molecule has 0 radical (unpaired) electrons. The number of carboxylic acid groups (broad SMARTS) is 1. The SMILES string of the molecule is O=C(O)COc1ccc2cc(NC(=O)c3cc(-c4ccc(-c5ccccc5)cc4)oc3C(F)(F)F)ccc2c1. The molecule has 2 N–H and O–H groups in total. The number of rotatable bonds is 7. The highest BCUT2D eigenvalue weighted by molar-refractivity contribution is 6.06. The van der Waals surface area contributed by atoms with E-state index in [1.807, 2.05) is 30.3 Å². The number of carboxylic acids is 1. The van der Waals surface area contributed by atoms with Crippen molar-refractivity contribution in [3.8, 4) is 28.2 Å². The summed E-state index contributed by atoms with van der Waals surface area (Å²) in [5.41, 5.74) is 1.87. The topological polar surface area (TPSA) is 88.8 Å². The average molecular weight is 531 g/mol. The number of benzene rings is 4. The number of hydrogen-bond acceptors (Lipinski definition) is 4. The van der Waals surface area contributed by atoms with Crippen LogP contribution < -0.4 is 10.1 Å². The first kappa shape index (κ1) is 25.6. The van der Waals surface area contributed by atoms with Gasteiger partial charge in [0.25, 0.3) is 5.91 Å². The fourth-order valence-electron chi connectivity index (χ4n) is 4.10. The van der Waals surface area contributed by atoms with Gasteiger partial charge in [0.1, 0.15) is 11.5 Å². The van der Waals surface area contributed by atoms with E-state index in [0.717, 1.165) is 17.2 Å². The Morgan fingerprint density at radius 1 is 0.795 bits per heavy atom. The van der Waals surface area contributed by atoms with Gasteiger partial charge in [-0.3, -0.25) is 4.79 Å². The Hall–Kier alpha value is -5.05. The van der Waals surface area contributed by atoms with Gasteiger partial charge in [-0.25, -0.2) is 4.79 Å². The summed E-state index contributed by atoms with van der Waals surface area (Å²) in [7, 11) is 0. The van der Waals surface area contributed by atoms with Crippen molar-refractivity contribution in [2.24, 2.45) is 0 Å². The van der Waals surface area contributed by atoms with Crippen LogP contribution in [0.2, 0.25) is 0 Å². The molecule has 1 aromatic heterocycles. The number of carbonyl (C=O) groups is 2. The number of amides is 1. The first-order chi connectivity index (χ1) is 18.7. The molecule has 5 aromatic rings. The van der Waals surface area contributed by atoms with Gasteiger partial charge in [0, 0.05) is 11.3 Å². The first-order valence-electron chi connectivity index (χ1n) is 11.7. The lowest BCUT2D eigenvalue weighted by atomic mass is 10.0. The quantitative estimate of drug-likeness (QED) is 0.227. The number of anilines is 1. The number of furan rings is 1. The molecule has 5 rings (SSSR count). The first-order valence-corrected chi connectivity index (χ1v) is 11.7. The van der Waals surface area contributed by atoms with Crippen LogP contribution >= 0.6 is 0 Å². The van der Waals surface area contributed by atoms with Crippen LogP contribution in [0.25, 0.3) is 33.2 Å². The second-order valence-corrected chi connectivity index (χ2v) is 8.65. The third-order valence-electron chi connectivity index (χ3n) is 5.94. The van der Waals surface area contributed by atoms with Crippen molar-refractivity contribution in [1.82, 2.24) is 0 Å².